The summed E-state index contributed by atoms with van der Waals surface area (Å²) in [5, 5.41) is 0. The molecule has 0 saturated heterocycles. The van der Waals surface area contributed by atoms with Crippen LogP contribution >= 0.6 is 0 Å². The quantitative estimate of drug-likeness (QED) is 0.578. The predicted octanol–water partition coefficient (Wildman–Crippen LogP) is 0.397. The van der Waals surface area contributed by atoms with E-state index < -0.39 is 5.91 Å². The Hall–Kier alpha value is -1.12. The van der Waals surface area contributed by atoms with E-state index in [4.69, 9.17) is 5.73 Å². The van der Waals surface area contributed by atoms with Crippen molar-refractivity contribution in [2.24, 2.45) is 5.73 Å². The molecule has 2 N–H and O–H groups in total. The molecule has 0 aromatic rings. The van der Waals surface area contributed by atoms with Gasteiger partial charge in [0.2, 0.25) is 5.91 Å². The summed E-state index contributed by atoms with van der Waals surface area (Å²) in [5.74, 6) is -0.565. The number of rotatable bonds is 3. The summed E-state index contributed by atoms with van der Waals surface area (Å²) in [6, 6.07) is 0. The second kappa shape index (κ2) is 3.82. The van der Waals surface area contributed by atoms with Gasteiger partial charge in [0.05, 0.1) is 0 Å². The molecule has 0 spiro atoms. The maximum atomic E-state index is 10.5. The minimum absolute atomic E-state index is 0.0492. The molecule has 0 aliphatic heterocycles. The third-order valence-corrected chi connectivity index (χ3v) is 1.10. The van der Waals surface area contributed by atoms with Gasteiger partial charge in [-0.25, -0.2) is 0 Å². The Morgan fingerprint density at radius 3 is 2.10 bits per heavy atom. The van der Waals surface area contributed by atoms with Crippen LogP contribution in [-0.2, 0) is 9.59 Å². The molecule has 0 saturated carbocycles. The van der Waals surface area contributed by atoms with E-state index in [9.17, 15) is 9.59 Å². The van der Waals surface area contributed by atoms with E-state index in [0.717, 1.165) is 0 Å². The van der Waals surface area contributed by atoms with Crippen LogP contribution in [0.2, 0.25) is 0 Å². The van der Waals surface area contributed by atoms with E-state index >= 15 is 0 Å². The molecule has 0 fully saturated rings. The molecule has 0 radical (unpaired) electrons. The lowest BCUT2D eigenvalue weighted by Gasteiger charge is -1.96. The zero-order chi connectivity index (χ0) is 8.15. The minimum atomic E-state index is -0.516. The summed E-state index contributed by atoms with van der Waals surface area (Å²) in [6.07, 6.45) is 1.70. The molecule has 56 valence electrons. The van der Waals surface area contributed by atoms with Crippen molar-refractivity contribution in [2.45, 2.75) is 20.3 Å². The number of primary amides is 1. The van der Waals surface area contributed by atoms with Gasteiger partial charge in [0.15, 0.2) is 0 Å². The average Bonchev–Trinajstić information content (AvgIpc) is 1.81. The first kappa shape index (κ1) is 8.88. The van der Waals surface area contributed by atoms with Crippen LogP contribution in [0, 0.1) is 0 Å². The van der Waals surface area contributed by atoms with Crippen LogP contribution in [0.5, 0.6) is 0 Å². The maximum absolute atomic E-state index is 10.5. The molecule has 1 amide bonds. The number of hydrogen-bond acceptors (Lipinski definition) is 2. The van der Waals surface area contributed by atoms with Crippen LogP contribution in [0.3, 0.4) is 0 Å². The van der Waals surface area contributed by atoms with Gasteiger partial charge < -0.3 is 5.73 Å². The summed E-state index contributed by atoms with van der Waals surface area (Å²) in [7, 11) is 0. The molecule has 0 bridgehead atoms. The highest BCUT2D eigenvalue weighted by molar-refractivity contribution is 5.97. The maximum Gasteiger partial charge on any atom is 0.244 e. The lowest BCUT2D eigenvalue weighted by molar-refractivity contribution is -0.119. The standard InChI is InChI=1S/C7H11NO2/c1-3-6(7(8)10)4-5(2)9/h3H,4H2,1-2H3,(H2,8,10)/b6-3-. The molecule has 3 nitrogen and oxygen atoms in total. The van der Waals surface area contributed by atoms with Crippen molar-refractivity contribution in [3.8, 4) is 0 Å². The van der Waals surface area contributed by atoms with Crippen molar-refractivity contribution >= 4 is 11.7 Å². The fraction of sp³-hybridized carbons (Fsp3) is 0.429. The molecule has 0 aromatic carbocycles. The van der Waals surface area contributed by atoms with E-state index in [-0.39, 0.29) is 12.2 Å². The van der Waals surface area contributed by atoms with Crippen LogP contribution in [0.1, 0.15) is 20.3 Å². The second-order valence-corrected chi connectivity index (χ2v) is 2.06. The van der Waals surface area contributed by atoms with E-state index in [1.54, 1.807) is 13.0 Å². The molecular weight excluding hydrogens is 130 g/mol. The number of hydrogen-bond donors (Lipinski definition) is 1. The average molecular weight is 141 g/mol. The third kappa shape index (κ3) is 3.02. The highest BCUT2D eigenvalue weighted by atomic mass is 16.1. The molecule has 0 aliphatic carbocycles. The molecule has 0 aliphatic rings. The highest BCUT2D eigenvalue weighted by Gasteiger charge is 2.04. The van der Waals surface area contributed by atoms with Crippen molar-refractivity contribution in [3.05, 3.63) is 11.6 Å². The van der Waals surface area contributed by atoms with E-state index in [1.807, 2.05) is 0 Å². The molecule has 3 heteroatoms. The number of nitrogens with two attached hydrogens (primary N) is 1. The van der Waals surface area contributed by atoms with Crippen molar-refractivity contribution in [3.63, 3.8) is 0 Å². The van der Waals surface area contributed by atoms with Crippen LogP contribution in [0.4, 0.5) is 0 Å². The Morgan fingerprint density at radius 2 is 2.00 bits per heavy atom. The van der Waals surface area contributed by atoms with Gasteiger partial charge in [-0.1, -0.05) is 6.08 Å². The van der Waals surface area contributed by atoms with E-state index in [0.29, 0.717) is 5.57 Å². The number of allylic oxidation sites excluding steroid dienone is 1. The van der Waals surface area contributed by atoms with Crippen molar-refractivity contribution in [2.75, 3.05) is 0 Å². The summed E-state index contributed by atoms with van der Waals surface area (Å²) < 4.78 is 0. The minimum Gasteiger partial charge on any atom is -0.366 e. The monoisotopic (exact) mass is 141 g/mol. The van der Waals surface area contributed by atoms with Gasteiger partial charge in [-0.05, 0) is 13.8 Å². The highest BCUT2D eigenvalue weighted by Crippen LogP contribution is 1.99. The van der Waals surface area contributed by atoms with Crippen molar-refractivity contribution in [1.29, 1.82) is 0 Å². The SMILES string of the molecule is C/C=C(/CC(C)=O)C(N)=O. The zero-order valence-electron chi connectivity index (χ0n) is 6.18. The Morgan fingerprint density at radius 1 is 1.50 bits per heavy atom. The van der Waals surface area contributed by atoms with Gasteiger partial charge in [0.25, 0.3) is 0 Å². The van der Waals surface area contributed by atoms with Gasteiger partial charge in [-0.15, -0.1) is 0 Å². The normalized spacial score (nSPS) is 11.2. The van der Waals surface area contributed by atoms with Gasteiger partial charge >= 0.3 is 0 Å². The lowest BCUT2D eigenvalue weighted by Crippen LogP contribution is -2.15. The number of carbonyl (C=O) groups excluding carboxylic acids is 2. The zero-order valence-corrected chi connectivity index (χ0v) is 6.18. The fourth-order valence-electron chi connectivity index (χ4n) is 0.600. The fourth-order valence-corrected chi connectivity index (χ4v) is 0.600. The van der Waals surface area contributed by atoms with Crippen LogP contribution in [0.25, 0.3) is 0 Å². The Bertz CT molecular complexity index is 182. The summed E-state index contributed by atoms with van der Waals surface area (Å²) in [6.45, 7) is 3.11. The molecule has 0 unspecified atom stereocenters. The van der Waals surface area contributed by atoms with Crippen molar-refractivity contribution in [1.82, 2.24) is 0 Å². The first-order valence-electron chi connectivity index (χ1n) is 3.02. The summed E-state index contributed by atoms with van der Waals surface area (Å²) in [4.78, 5) is 20.9. The number of ketones is 1. The Kier molecular flexibility index (Phi) is 3.39. The predicted molar refractivity (Wildman–Crippen MR) is 38.2 cm³/mol. The molecule has 0 aromatic heterocycles. The smallest absolute Gasteiger partial charge is 0.244 e. The van der Waals surface area contributed by atoms with Crippen molar-refractivity contribution < 1.29 is 9.59 Å². The number of amides is 1. The molecule has 0 atom stereocenters. The van der Waals surface area contributed by atoms with Crippen LogP contribution in [0.15, 0.2) is 11.6 Å². The van der Waals surface area contributed by atoms with Gasteiger partial charge in [0.1, 0.15) is 5.78 Å². The molecular formula is C7H11NO2. The Balaban J connectivity index is 4.12. The second-order valence-electron chi connectivity index (χ2n) is 2.06. The third-order valence-electron chi connectivity index (χ3n) is 1.10. The van der Waals surface area contributed by atoms with Gasteiger partial charge in [-0.2, -0.15) is 0 Å². The van der Waals surface area contributed by atoms with E-state index in [1.165, 1.54) is 6.92 Å². The lowest BCUT2D eigenvalue weighted by atomic mass is 10.1. The first-order valence-corrected chi connectivity index (χ1v) is 3.02. The van der Waals surface area contributed by atoms with Crippen LogP contribution < -0.4 is 5.73 Å². The van der Waals surface area contributed by atoms with Gasteiger partial charge in [-0.3, -0.25) is 9.59 Å². The molecule has 0 heterocycles. The molecule has 0 rings (SSSR count). The number of carbonyl (C=O) groups is 2. The van der Waals surface area contributed by atoms with E-state index in [2.05, 4.69) is 0 Å². The first-order chi connectivity index (χ1) is 4.57. The topological polar surface area (TPSA) is 60.2 Å². The summed E-state index contributed by atoms with van der Waals surface area (Å²) in [5.41, 5.74) is 5.32. The van der Waals surface area contributed by atoms with Crippen LogP contribution in [-0.4, -0.2) is 11.7 Å². The Labute approximate surface area is 59.9 Å². The molecule has 10 heavy (non-hydrogen) atoms. The van der Waals surface area contributed by atoms with Gasteiger partial charge in [0, 0.05) is 12.0 Å². The summed E-state index contributed by atoms with van der Waals surface area (Å²) >= 11 is 0. The largest absolute Gasteiger partial charge is 0.366 e. The number of Topliss-reactive ketones (excluding diaryl/α,β-unsaturated/α-hetero) is 1.